The second-order valence-corrected chi connectivity index (χ2v) is 13.4. The van der Waals surface area contributed by atoms with Crippen molar-refractivity contribution in [3.05, 3.63) is 118 Å². The predicted molar refractivity (Wildman–Crippen MR) is 196 cm³/mol. The molecule has 0 bridgehead atoms. The van der Waals surface area contributed by atoms with Gasteiger partial charge in [0.25, 0.3) is 5.91 Å². The first-order chi connectivity index (χ1) is 25.4. The van der Waals surface area contributed by atoms with Gasteiger partial charge in [-0.15, -0.1) is 0 Å². The maximum absolute atomic E-state index is 14.4. The molecule has 0 saturated carbocycles. The number of nitriles is 1. The van der Waals surface area contributed by atoms with Crippen LogP contribution in [0.2, 0.25) is 0 Å². The molecule has 0 spiro atoms. The van der Waals surface area contributed by atoms with Crippen molar-refractivity contribution < 1.29 is 18.7 Å². The summed E-state index contributed by atoms with van der Waals surface area (Å²) < 4.78 is 28.2. The monoisotopic (exact) mass is 698 g/mol. The standard InChI is InChI=1S/C40H39FN8O3/c1-2-33-31-20-29(9-10-35(31)47-46-33)43-40(50)27-8-11-37-36(19-27)44-38(49(37)22-30-14-17-51-30)23-48-15-12-26(13-16-48)34-4-3-5-39(45-34)52-24-28-7-6-25(21-42)18-32(28)41/h3-12,18-20,30,33,46-47H,2,13-17,22-24H2,1H3,(H,43,50)/t30-,33?/m0/s1. The summed E-state index contributed by atoms with van der Waals surface area (Å²) in [6.07, 6.45) is 5.08. The number of ether oxygens (including phenoxy) is 2. The molecule has 5 aromatic rings. The summed E-state index contributed by atoms with van der Waals surface area (Å²) in [5, 5.41) is 12.1. The van der Waals surface area contributed by atoms with Gasteiger partial charge in [0.1, 0.15) is 18.2 Å². The Kier molecular flexibility index (Phi) is 9.38. The topological polar surface area (TPSA) is 129 Å². The van der Waals surface area contributed by atoms with Crippen LogP contribution in [0.3, 0.4) is 0 Å². The summed E-state index contributed by atoms with van der Waals surface area (Å²) >= 11 is 0. The van der Waals surface area contributed by atoms with Gasteiger partial charge < -0.3 is 24.8 Å². The van der Waals surface area contributed by atoms with Crippen LogP contribution in [-0.4, -0.2) is 51.1 Å². The Morgan fingerprint density at radius 1 is 1.13 bits per heavy atom. The van der Waals surface area contributed by atoms with Gasteiger partial charge in [0.15, 0.2) is 0 Å². The first kappa shape index (κ1) is 33.5. The van der Waals surface area contributed by atoms with E-state index < -0.39 is 5.82 Å². The Morgan fingerprint density at radius 3 is 2.81 bits per heavy atom. The number of halogens is 1. The number of pyridine rings is 1. The Morgan fingerprint density at radius 2 is 2.04 bits per heavy atom. The van der Waals surface area contributed by atoms with Gasteiger partial charge in [-0.25, -0.2) is 19.8 Å². The summed E-state index contributed by atoms with van der Waals surface area (Å²) in [4.78, 5) is 25.5. The second-order valence-electron chi connectivity index (χ2n) is 13.4. The molecule has 0 aliphatic carbocycles. The third-order valence-electron chi connectivity index (χ3n) is 10.0. The van der Waals surface area contributed by atoms with E-state index in [1.54, 1.807) is 18.2 Å². The molecular weight excluding hydrogens is 659 g/mol. The zero-order valence-electron chi connectivity index (χ0n) is 28.9. The number of carbonyl (C=O) groups is 1. The van der Waals surface area contributed by atoms with Crippen LogP contribution in [-0.2, 0) is 24.4 Å². The van der Waals surface area contributed by atoms with Crippen molar-refractivity contribution in [1.29, 1.82) is 5.26 Å². The highest BCUT2D eigenvalue weighted by atomic mass is 19.1. The largest absolute Gasteiger partial charge is 0.473 e. The highest BCUT2D eigenvalue weighted by Crippen LogP contribution is 2.33. The normalized spacial score (nSPS) is 18.2. The minimum Gasteiger partial charge on any atom is -0.473 e. The molecule has 2 atom stereocenters. The van der Waals surface area contributed by atoms with Crippen molar-refractivity contribution in [2.75, 3.05) is 30.4 Å². The van der Waals surface area contributed by atoms with Gasteiger partial charge in [-0.1, -0.05) is 25.1 Å². The average Bonchev–Trinajstić information content (AvgIpc) is 3.72. The number of benzene rings is 3. The zero-order valence-corrected chi connectivity index (χ0v) is 28.9. The fourth-order valence-corrected chi connectivity index (χ4v) is 6.94. The lowest BCUT2D eigenvalue weighted by molar-refractivity contribution is -0.0591. The van der Waals surface area contributed by atoms with E-state index in [9.17, 15) is 9.18 Å². The highest BCUT2D eigenvalue weighted by Gasteiger charge is 2.25. The zero-order chi connectivity index (χ0) is 35.6. The molecular formula is C40H39FN8O3. The van der Waals surface area contributed by atoms with Gasteiger partial charge in [-0.2, -0.15) is 5.26 Å². The molecule has 3 N–H and O–H groups in total. The van der Waals surface area contributed by atoms with E-state index in [0.29, 0.717) is 30.1 Å². The minimum atomic E-state index is -0.475. The predicted octanol–water partition coefficient (Wildman–Crippen LogP) is 6.73. The van der Waals surface area contributed by atoms with Gasteiger partial charge in [-0.05, 0) is 85.0 Å². The molecule has 1 amide bonds. The van der Waals surface area contributed by atoms with Crippen LogP contribution < -0.4 is 20.9 Å². The van der Waals surface area contributed by atoms with Crippen LogP contribution in [0.4, 0.5) is 15.8 Å². The van der Waals surface area contributed by atoms with Gasteiger partial charge >= 0.3 is 0 Å². The molecule has 1 unspecified atom stereocenters. The molecule has 3 aliphatic heterocycles. The van der Waals surface area contributed by atoms with E-state index in [2.05, 4.69) is 38.6 Å². The summed E-state index contributed by atoms with van der Waals surface area (Å²) in [7, 11) is 0. The van der Waals surface area contributed by atoms with E-state index >= 15 is 0 Å². The molecule has 5 heterocycles. The quantitative estimate of drug-likeness (QED) is 0.138. The fraction of sp³-hybridized carbons (Fsp3) is 0.300. The number of hydrogen-bond donors (Lipinski definition) is 3. The Balaban J connectivity index is 0.953. The van der Waals surface area contributed by atoms with Crippen molar-refractivity contribution in [1.82, 2.24) is 24.9 Å². The number of hydrogen-bond acceptors (Lipinski definition) is 9. The SMILES string of the molecule is CCC1NNc2ccc(NC(=O)c3ccc4c(c3)nc(CN3CC=C(c5cccc(OCc6ccc(C#N)cc6F)n5)CC3)n4C[C@@H]3CCO3)cc21. The number of nitrogens with one attached hydrogen (secondary N) is 3. The number of anilines is 2. The molecule has 0 radical (unpaired) electrons. The van der Waals surface area contributed by atoms with E-state index in [4.69, 9.17) is 24.7 Å². The summed E-state index contributed by atoms with van der Waals surface area (Å²) in [5.41, 5.74) is 14.3. The fourth-order valence-electron chi connectivity index (χ4n) is 6.94. The van der Waals surface area contributed by atoms with Crippen LogP contribution in [0.15, 0.2) is 78.9 Å². The van der Waals surface area contributed by atoms with Crippen LogP contribution >= 0.6 is 0 Å². The molecule has 11 nitrogen and oxygen atoms in total. The van der Waals surface area contributed by atoms with E-state index in [1.807, 2.05) is 54.6 Å². The molecule has 264 valence electrons. The summed E-state index contributed by atoms with van der Waals surface area (Å²) in [5.74, 6) is 0.700. The van der Waals surface area contributed by atoms with E-state index in [-0.39, 0.29) is 30.2 Å². The number of hydrazine groups is 1. The van der Waals surface area contributed by atoms with Crippen molar-refractivity contribution in [2.24, 2.45) is 0 Å². The Bertz CT molecular complexity index is 2220. The third-order valence-corrected chi connectivity index (χ3v) is 10.0. The van der Waals surface area contributed by atoms with Crippen LogP contribution in [0, 0.1) is 17.1 Å². The number of amides is 1. The van der Waals surface area contributed by atoms with Crippen molar-refractivity contribution in [2.45, 2.75) is 58.0 Å². The smallest absolute Gasteiger partial charge is 0.255 e. The first-order valence-electron chi connectivity index (χ1n) is 17.7. The summed E-state index contributed by atoms with van der Waals surface area (Å²) in [6.45, 7) is 5.82. The molecule has 12 heteroatoms. The molecule has 1 fully saturated rings. The number of rotatable bonds is 11. The maximum Gasteiger partial charge on any atom is 0.255 e. The van der Waals surface area contributed by atoms with E-state index in [1.165, 1.54) is 6.07 Å². The lowest BCUT2D eigenvalue weighted by atomic mass is 10.0. The molecule has 2 aromatic heterocycles. The average molecular weight is 699 g/mol. The number of imidazole rings is 1. The minimum absolute atomic E-state index is 0.0176. The Labute approximate surface area is 301 Å². The lowest BCUT2D eigenvalue weighted by Crippen LogP contribution is -2.33. The molecule has 52 heavy (non-hydrogen) atoms. The van der Waals surface area contributed by atoms with E-state index in [0.717, 1.165) is 84.0 Å². The molecule has 3 aliphatic rings. The molecule has 1 saturated heterocycles. The van der Waals surface area contributed by atoms with Crippen LogP contribution in [0.5, 0.6) is 5.88 Å². The van der Waals surface area contributed by atoms with Crippen LogP contribution in [0.25, 0.3) is 16.6 Å². The highest BCUT2D eigenvalue weighted by molar-refractivity contribution is 6.06. The number of aromatic nitrogens is 3. The van der Waals surface area contributed by atoms with Gasteiger partial charge in [-0.3, -0.25) is 9.69 Å². The summed E-state index contributed by atoms with van der Waals surface area (Å²) in [6, 6.07) is 23.8. The van der Waals surface area contributed by atoms with Gasteiger partial charge in [0, 0.05) is 42.6 Å². The first-order valence-corrected chi connectivity index (χ1v) is 17.7. The number of nitrogens with zero attached hydrogens (tertiary/aromatic N) is 5. The van der Waals surface area contributed by atoms with Crippen molar-refractivity contribution in [3.8, 4) is 11.9 Å². The van der Waals surface area contributed by atoms with Gasteiger partial charge in [0.05, 0.1) is 59.3 Å². The second kappa shape index (κ2) is 14.6. The Hall–Kier alpha value is -5.61. The number of carbonyl (C=O) groups excluding carboxylic acids is 1. The molecule has 8 rings (SSSR count). The van der Waals surface area contributed by atoms with Gasteiger partial charge in [0.2, 0.25) is 5.88 Å². The molecule has 3 aromatic carbocycles. The lowest BCUT2D eigenvalue weighted by Gasteiger charge is -2.29. The number of fused-ring (bicyclic) bond motifs is 2. The van der Waals surface area contributed by atoms with Crippen molar-refractivity contribution in [3.63, 3.8) is 0 Å². The third kappa shape index (κ3) is 6.98. The van der Waals surface area contributed by atoms with Crippen molar-refractivity contribution >= 4 is 33.9 Å². The van der Waals surface area contributed by atoms with Crippen LogP contribution in [0.1, 0.15) is 70.8 Å². The maximum atomic E-state index is 14.4.